The second-order valence-electron chi connectivity index (χ2n) is 7.80. The van der Waals surface area contributed by atoms with Crippen LogP contribution in [0.15, 0.2) is 66.9 Å². The molecule has 0 unspecified atom stereocenters. The highest BCUT2D eigenvalue weighted by atomic mass is 19.1. The molecule has 150 valence electrons. The number of benzene rings is 2. The van der Waals surface area contributed by atoms with Gasteiger partial charge in [-0.3, -0.25) is 9.58 Å². The molecule has 2 aliphatic heterocycles. The molecule has 6 heteroatoms. The van der Waals surface area contributed by atoms with Crippen LogP contribution in [0, 0.1) is 0 Å². The third kappa shape index (κ3) is 3.91. The number of para-hydroxylation sites is 1. The second-order valence-corrected chi connectivity index (χ2v) is 7.80. The number of piperidine rings is 1. The highest BCUT2D eigenvalue weighted by Gasteiger charge is 2.35. The van der Waals surface area contributed by atoms with Crippen molar-refractivity contribution in [3.05, 3.63) is 66.9 Å². The van der Waals surface area contributed by atoms with Gasteiger partial charge in [0.05, 0.1) is 11.7 Å². The van der Waals surface area contributed by atoms with E-state index in [-0.39, 0.29) is 6.04 Å². The average molecular weight is 392 g/mol. The Bertz CT molecular complexity index is 939. The van der Waals surface area contributed by atoms with E-state index in [0.717, 1.165) is 48.8 Å². The predicted molar refractivity (Wildman–Crippen MR) is 111 cm³/mol. The van der Waals surface area contributed by atoms with Crippen LogP contribution >= 0.6 is 0 Å². The van der Waals surface area contributed by atoms with Gasteiger partial charge in [-0.05, 0) is 48.9 Å². The van der Waals surface area contributed by atoms with Crippen LogP contribution in [0.4, 0.5) is 4.39 Å². The minimum Gasteiger partial charge on any atom is -0.457 e. The van der Waals surface area contributed by atoms with Crippen LogP contribution in [0.25, 0.3) is 11.3 Å². The molecule has 3 heterocycles. The molecule has 5 rings (SSSR count). The highest BCUT2D eigenvalue weighted by molar-refractivity contribution is 5.59. The van der Waals surface area contributed by atoms with Crippen molar-refractivity contribution in [1.29, 1.82) is 0 Å². The molecule has 0 aliphatic carbocycles. The third-order valence-electron chi connectivity index (χ3n) is 5.89. The summed E-state index contributed by atoms with van der Waals surface area (Å²) in [5.41, 5.74) is 1.85. The van der Waals surface area contributed by atoms with Gasteiger partial charge in [-0.2, -0.15) is 5.10 Å². The number of hydrogen-bond donors (Lipinski definition) is 1. The highest BCUT2D eigenvalue weighted by Crippen LogP contribution is 2.29. The first-order valence-electron chi connectivity index (χ1n) is 10.2. The van der Waals surface area contributed by atoms with Crippen molar-refractivity contribution in [2.24, 2.45) is 0 Å². The molecular weight excluding hydrogens is 367 g/mol. The molecule has 0 amide bonds. The summed E-state index contributed by atoms with van der Waals surface area (Å²) in [7, 11) is 0. The van der Waals surface area contributed by atoms with E-state index in [1.54, 1.807) is 0 Å². The molecule has 0 bridgehead atoms. The van der Waals surface area contributed by atoms with Crippen LogP contribution in [0.3, 0.4) is 0 Å². The van der Waals surface area contributed by atoms with E-state index >= 15 is 0 Å². The fourth-order valence-electron chi connectivity index (χ4n) is 4.07. The van der Waals surface area contributed by atoms with E-state index in [9.17, 15) is 4.39 Å². The standard InChI is InChI=1S/C23H25FN4O/c24-21-16-27(18-14-25-15-18)12-11-23(21)28-13-10-22(26-28)17-6-8-20(9-7-17)29-19-4-2-1-3-5-19/h1-10,13,18,21,23,25H,11-12,14-16H2/t21-,23+/m1/s1. The number of aromatic nitrogens is 2. The number of rotatable bonds is 5. The van der Waals surface area contributed by atoms with Crippen molar-refractivity contribution in [3.63, 3.8) is 0 Å². The Hall–Kier alpha value is -2.70. The van der Waals surface area contributed by atoms with Crippen molar-refractivity contribution in [2.45, 2.75) is 24.7 Å². The SMILES string of the molecule is F[C@@H]1CN(C2CNC2)CC[C@@H]1n1ccc(-c2ccc(Oc3ccccc3)cc2)n1. The van der Waals surface area contributed by atoms with E-state index in [2.05, 4.69) is 15.3 Å². The number of ether oxygens (including phenoxy) is 1. The lowest BCUT2D eigenvalue weighted by Gasteiger charge is -2.43. The maximum Gasteiger partial charge on any atom is 0.135 e. The molecule has 29 heavy (non-hydrogen) atoms. The van der Waals surface area contributed by atoms with Crippen molar-refractivity contribution in [2.75, 3.05) is 26.2 Å². The van der Waals surface area contributed by atoms with Crippen molar-refractivity contribution in [3.8, 4) is 22.8 Å². The lowest BCUT2D eigenvalue weighted by molar-refractivity contribution is 0.0390. The van der Waals surface area contributed by atoms with E-state index in [0.29, 0.717) is 12.6 Å². The summed E-state index contributed by atoms with van der Waals surface area (Å²) in [6, 6.07) is 19.8. The van der Waals surface area contributed by atoms with Crippen LogP contribution in [0.2, 0.25) is 0 Å². The lowest BCUT2D eigenvalue weighted by atomic mass is 9.99. The largest absolute Gasteiger partial charge is 0.457 e. The average Bonchev–Trinajstić information content (AvgIpc) is 3.18. The summed E-state index contributed by atoms with van der Waals surface area (Å²) in [5, 5.41) is 7.94. The van der Waals surface area contributed by atoms with Crippen LogP contribution in [0.1, 0.15) is 12.5 Å². The Kier molecular flexibility index (Phi) is 5.04. The summed E-state index contributed by atoms with van der Waals surface area (Å²) < 4.78 is 22.5. The maximum absolute atomic E-state index is 14.8. The number of nitrogens with zero attached hydrogens (tertiary/aromatic N) is 3. The summed E-state index contributed by atoms with van der Waals surface area (Å²) in [4.78, 5) is 2.27. The molecule has 0 radical (unpaired) electrons. The monoisotopic (exact) mass is 392 g/mol. The molecule has 2 atom stereocenters. The first kappa shape index (κ1) is 18.3. The molecule has 1 aromatic heterocycles. The van der Waals surface area contributed by atoms with E-state index < -0.39 is 6.17 Å². The fourth-order valence-corrected chi connectivity index (χ4v) is 4.07. The van der Waals surface area contributed by atoms with Gasteiger partial charge in [0.1, 0.15) is 17.7 Å². The van der Waals surface area contributed by atoms with Crippen LogP contribution in [-0.2, 0) is 0 Å². The zero-order chi connectivity index (χ0) is 19.6. The fraction of sp³-hybridized carbons (Fsp3) is 0.348. The number of hydrogen-bond acceptors (Lipinski definition) is 4. The minimum atomic E-state index is -0.890. The van der Waals surface area contributed by atoms with E-state index in [1.165, 1.54) is 0 Å². The topological polar surface area (TPSA) is 42.3 Å². The molecule has 5 nitrogen and oxygen atoms in total. The van der Waals surface area contributed by atoms with Gasteiger partial charge < -0.3 is 10.1 Å². The minimum absolute atomic E-state index is 0.186. The molecule has 0 spiro atoms. The Morgan fingerprint density at radius 3 is 2.41 bits per heavy atom. The van der Waals surface area contributed by atoms with Gasteiger partial charge in [-0.25, -0.2) is 4.39 Å². The summed E-state index contributed by atoms with van der Waals surface area (Å²) in [5.74, 6) is 1.59. The molecule has 2 aromatic carbocycles. The zero-order valence-corrected chi connectivity index (χ0v) is 16.2. The molecule has 2 fully saturated rings. The number of halogens is 1. The first-order valence-corrected chi connectivity index (χ1v) is 10.2. The van der Waals surface area contributed by atoms with Gasteiger partial charge in [0.2, 0.25) is 0 Å². The lowest BCUT2D eigenvalue weighted by Crippen LogP contribution is -2.60. The smallest absolute Gasteiger partial charge is 0.135 e. The van der Waals surface area contributed by atoms with Gasteiger partial charge >= 0.3 is 0 Å². The summed E-state index contributed by atoms with van der Waals surface area (Å²) in [6.07, 6.45) is 1.81. The van der Waals surface area contributed by atoms with Crippen molar-refractivity contribution in [1.82, 2.24) is 20.0 Å². The van der Waals surface area contributed by atoms with Crippen molar-refractivity contribution >= 4 is 0 Å². The van der Waals surface area contributed by atoms with Crippen LogP contribution < -0.4 is 10.1 Å². The third-order valence-corrected chi connectivity index (χ3v) is 5.89. The molecule has 0 saturated carbocycles. The first-order chi connectivity index (χ1) is 14.3. The molecule has 2 aliphatic rings. The predicted octanol–water partition coefficient (Wildman–Crippen LogP) is 3.90. The molecular formula is C23H25FN4O. The Morgan fingerprint density at radius 2 is 1.72 bits per heavy atom. The Labute approximate surface area is 170 Å². The summed E-state index contributed by atoms with van der Waals surface area (Å²) in [6.45, 7) is 3.39. The normalized spacial score (nSPS) is 22.9. The van der Waals surface area contributed by atoms with Gasteiger partial charge in [0, 0.05) is 44.0 Å². The maximum atomic E-state index is 14.8. The molecule has 1 N–H and O–H groups in total. The van der Waals surface area contributed by atoms with Gasteiger partial charge in [0.15, 0.2) is 0 Å². The van der Waals surface area contributed by atoms with Gasteiger partial charge in [0.25, 0.3) is 0 Å². The number of nitrogens with one attached hydrogen (secondary N) is 1. The van der Waals surface area contributed by atoms with Gasteiger partial charge in [-0.1, -0.05) is 18.2 Å². The zero-order valence-electron chi connectivity index (χ0n) is 16.2. The molecule has 2 saturated heterocycles. The Morgan fingerprint density at radius 1 is 0.966 bits per heavy atom. The molecule has 3 aromatic rings. The van der Waals surface area contributed by atoms with Crippen LogP contribution in [-0.4, -0.2) is 53.1 Å². The Balaban J connectivity index is 1.25. The quantitative estimate of drug-likeness (QED) is 0.715. The van der Waals surface area contributed by atoms with E-state index in [1.807, 2.05) is 71.5 Å². The van der Waals surface area contributed by atoms with Crippen LogP contribution in [0.5, 0.6) is 11.5 Å². The van der Waals surface area contributed by atoms with Crippen molar-refractivity contribution < 1.29 is 9.13 Å². The number of likely N-dealkylation sites (tertiary alicyclic amines) is 1. The summed E-state index contributed by atoms with van der Waals surface area (Å²) >= 11 is 0. The second kappa shape index (κ2) is 7.97. The van der Waals surface area contributed by atoms with E-state index in [4.69, 9.17) is 4.74 Å². The van der Waals surface area contributed by atoms with Gasteiger partial charge in [-0.15, -0.1) is 0 Å². The number of alkyl halides is 1.